The maximum atomic E-state index is 12.3. The van der Waals surface area contributed by atoms with E-state index in [4.69, 9.17) is 13.9 Å². The first-order valence-electron chi connectivity index (χ1n) is 7.25. The van der Waals surface area contributed by atoms with Crippen LogP contribution >= 0.6 is 0 Å². The Balaban J connectivity index is 2.00. The molecule has 6 nitrogen and oxygen atoms in total. The molecule has 0 radical (unpaired) electrons. The lowest BCUT2D eigenvalue weighted by molar-refractivity contribution is -0.255. The van der Waals surface area contributed by atoms with Gasteiger partial charge < -0.3 is 23.8 Å². The molecule has 3 aromatic rings. The molecule has 4 rings (SSSR count). The van der Waals surface area contributed by atoms with Crippen molar-refractivity contribution in [3.8, 4) is 17.1 Å². The Bertz CT molecular complexity index is 1020. The highest BCUT2D eigenvalue weighted by Crippen LogP contribution is 2.37. The fourth-order valence-electron chi connectivity index (χ4n) is 2.76. The number of benzene rings is 2. The minimum absolute atomic E-state index is 0.0337. The molecule has 1 aliphatic rings. The van der Waals surface area contributed by atoms with Crippen LogP contribution in [0.2, 0.25) is 0 Å². The molecule has 0 amide bonds. The summed E-state index contributed by atoms with van der Waals surface area (Å²) in [7, 11) is 0. The summed E-state index contributed by atoms with van der Waals surface area (Å²) in [5.41, 5.74) is 1.12. The van der Waals surface area contributed by atoms with Gasteiger partial charge in [0.2, 0.25) is 0 Å². The van der Waals surface area contributed by atoms with Crippen LogP contribution in [0.3, 0.4) is 0 Å². The van der Waals surface area contributed by atoms with E-state index in [-0.39, 0.29) is 30.2 Å². The van der Waals surface area contributed by atoms with Crippen molar-refractivity contribution in [3.05, 3.63) is 63.8 Å². The number of hydrogen-bond acceptors (Lipinski definition) is 6. The highest BCUT2D eigenvalue weighted by atomic mass is 16.7. The summed E-state index contributed by atoms with van der Waals surface area (Å²) in [6, 6.07) is 11.0. The predicted octanol–water partition coefficient (Wildman–Crippen LogP) is 1.69. The van der Waals surface area contributed by atoms with Crippen LogP contribution < -0.4 is 15.3 Å². The van der Waals surface area contributed by atoms with Crippen molar-refractivity contribution in [1.29, 1.82) is 0 Å². The van der Waals surface area contributed by atoms with E-state index < -0.39 is 5.97 Å². The number of hydrogen-bond donors (Lipinski definition) is 0. The molecule has 6 heteroatoms. The number of carboxylic acids is 1. The average molecular weight is 323 g/mol. The van der Waals surface area contributed by atoms with E-state index in [9.17, 15) is 14.7 Å². The standard InChI is InChI=1S/C18H12O6/c19-14-7-16(24-15-4-2-1-3-12(14)15)13-6-10(18(20)21)5-11-8-22-9-23-17(11)13/h1-7H,8-9H2,(H,20,21)/p-1. The third kappa shape index (κ3) is 2.33. The Labute approximate surface area is 135 Å². The first-order valence-corrected chi connectivity index (χ1v) is 7.25. The van der Waals surface area contributed by atoms with Crippen molar-refractivity contribution in [1.82, 2.24) is 0 Å². The summed E-state index contributed by atoms with van der Waals surface area (Å²) in [4.78, 5) is 23.6. The number of para-hydroxylation sites is 1. The van der Waals surface area contributed by atoms with Crippen LogP contribution in [0.1, 0.15) is 15.9 Å². The van der Waals surface area contributed by atoms with Gasteiger partial charge in [-0.15, -0.1) is 0 Å². The van der Waals surface area contributed by atoms with Gasteiger partial charge in [-0.2, -0.15) is 0 Å². The molecule has 24 heavy (non-hydrogen) atoms. The third-order valence-corrected chi connectivity index (χ3v) is 3.85. The van der Waals surface area contributed by atoms with Crippen molar-refractivity contribution in [3.63, 3.8) is 0 Å². The average Bonchev–Trinajstić information content (AvgIpc) is 2.60. The van der Waals surface area contributed by atoms with Crippen LogP contribution in [0.5, 0.6) is 5.75 Å². The number of carbonyl (C=O) groups is 1. The first-order chi connectivity index (χ1) is 11.6. The molecule has 2 aromatic carbocycles. The second kappa shape index (κ2) is 5.50. The van der Waals surface area contributed by atoms with Crippen molar-refractivity contribution < 1.29 is 23.8 Å². The largest absolute Gasteiger partial charge is 0.545 e. The Kier molecular flexibility index (Phi) is 3.32. The second-order valence-corrected chi connectivity index (χ2v) is 5.38. The Morgan fingerprint density at radius 3 is 2.79 bits per heavy atom. The topological polar surface area (TPSA) is 88.8 Å². The number of aromatic carboxylic acids is 1. The minimum Gasteiger partial charge on any atom is -0.545 e. The van der Waals surface area contributed by atoms with Gasteiger partial charge in [-0.3, -0.25) is 4.79 Å². The maximum absolute atomic E-state index is 12.3. The zero-order chi connectivity index (χ0) is 16.7. The molecule has 0 aliphatic carbocycles. The quantitative estimate of drug-likeness (QED) is 0.713. The number of ether oxygens (including phenoxy) is 2. The van der Waals surface area contributed by atoms with Crippen LogP contribution in [0.4, 0.5) is 0 Å². The lowest BCUT2D eigenvalue weighted by Crippen LogP contribution is -2.23. The predicted molar refractivity (Wildman–Crippen MR) is 82.5 cm³/mol. The van der Waals surface area contributed by atoms with Crippen LogP contribution in [0, 0.1) is 0 Å². The molecule has 0 N–H and O–H groups in total. The smallest absolute Gasteiger partial charge is 0.193 e. The highest BCUT2D eigenvalue weighted by molar-refractivity contribution is 5.90. The molecule has 120 valence electrons. The lowest BCUT2D eigenvalue weighted by Gasteiger charge is -2.22. The zero-order valence-corrected chi connectivity index (χ0v) is 12.4. The van der Waals surface area contributed by atoms with Gasteiger partial charge in [-0.1, -0.05) is 12.1 Å². The third-order valence-electron chi connectivity index (χ3n) is 3.85. The van der Waals surface area contributed by atoms with Crippen molar-refractivity contribution >= 4 is 16.9 Å². The first kappa shape index (κ1) is 14.5. The van der Waals surface area contributed by atoms with E-state index >= 15 is 0 Å². The molecule has 1 aromatic heterocycles. The lowest BCUT2D eigenvalue weighted by atomic mass is 10.0. The van der Waals surface area contributed by atoms with E-state index in [1.54, 1.807) is 24.3 Å². The van der Waals surface area contributed by atoms with Gasteiger partial charge in [-0.05, 0) is 29.8 Å². The summed E-state index contributed by atoms with van der Waals surface area (Å²) >= 11 is 0. The molecule has 0 bridgehead atoms. The van der Waals surface area contributed by atoms with Gasteiger partial charge in [-0.25, -0.2) is 0 Å². The van der Waals surface area contributed by atoms with Crippen molar-refractivity contribution in [2.45, 2.75) is 6.61 Å². The summed E-state index contributed by atoms with van der Waals surface area (Å²) in [6.07, 6.45) is 0. The van der Waals surface area contributed by atoms with Crippen LogP contribution in [0.15, 0.2) is 51.7 Å². The molecule has 0 spiro atoms. The van der Waals surface area contributed by atoms with Crippen LogP contribution in [-0.2, 0) is 11.3 Å². The maximum Gasteiger partial charge on any atom is 0.193 e. The van der Waals surface area contributed by atoms with Gasteiger partial charge >= 0.3 is 0 Å². The SMILES string of the molecule is O=C([O-])c1cc2c(c(-c3cc(=O)c4ccccc4o3)c1)OCOC2. The molecule has 0 saturated carbocycles. The molecule has 0 atom stereocenters. The van der Waals surface area contributed by atoms with Crippen molar-refractivity contribution in [2.75, 3.05) is 6.79 Å². The summed E-state index contributed by atoms with van der Waals surface area (Å²) in [5.74, 6) is -0.641. The summed E-state index contributed by atoms with van der Waals surface area (Å²) in [5, 5.41) is 11.7. The molecule has 2 heterocycles. The monoisotopic (exact) mass is 323 g/mol. The zero-order valence-electron chi connectivity index (χ0n) is 12.4. The van der Waals surface area contributed by atoms with Crippen LogP contribution in [-0.4, -0.2) is 12.8 Å². The second-order valence-electron chi connectivity index (χ2n) is 5.38. The van der Waals surface area contributed by atoms with Crippen molar-refractivity contribution in [2.24, 2.45) is 0 Å². The van der Waals surface area contributed by atoms with Gasteiger partial charge in [0.1, 0.15) is 17.1 Å². The number of carbonyl (C=O) groups excluding carboxylic acids is 1. The Morgan fingerprint density at radius 1 is 1.12 bits per heavy atom. The fraction of sp³-hybridized carbons (Fsp3) is 0.111. The molecule has 0 saturated heterocycles. The van der Waals surface area contributed by atoms with E-state index in [2.05, 4.69) is 0 Å². The molecule has 0 unspecified atom stereocenters. The fourth-order valence-corrected chi connectivity index (χ4v) is 2.76. The number of carboxylic acid groups (broad SMARTS) is 1. The Morgan fingerprint density at radius 2 is 1.96 bits per heavy atom. The van der Waals surface area contributed by atoms with Gasteiger partial charge in [0.15, 0.2) is 12.2 Å². The molecule has 0 fully saturated rings. The van der Waals surface area contributed by atoms with Gasteiger partial charge in [0, 0.05) is 11.6 Å². The van der Waals surface area contributed by atoms with E-state index in [0.29, 0.717) is 27.8 Å². The van der Waals surface area contributed by atoms with Gasteiger partial charge in [0.05, 0.1) is 23.5 Å². The number of fused-ring (bicyclic) bond motifs is 2. The highest BCUT2D eigenvalue weighted by Gasteiger charge is 2.20. The molecule has 1 aliphatic heterocycles. The normalized spacial score (nSPS) is 13.3. The van der Waals surface area contributed by atoms with E-state index in [1.807, 2.05) is 0 Å². The summed E-state index contributed by atoms with van der Waals surface area (Å²) < 4.78 is 16.5. The molecular formula is C18H11O6-. The summed E-state index contributed by atoms with van der Waals surface area (Å²) in [6.45, 7) is 0.254. The molecular weight excluding hydrogens is 312 g/mol. The minimum atomic E-state index is -1.33. The van der Waals surface area contributed by atoms with E-state index in [0.717, 1.165) is 0 Å². The van der Waals surface area contributed by atoms with E-state index in [1.165, 1.54) is 18.2 Å². The number of rotatable bonds is 2. The van der Waals surface area contributed by atoms with Crippen LogP contribution in [0.25, 0.3) is 22.3 Å². The Hall–Kier alpha value is -3.12. The van der Waals surface area contributed by atoms with Gasteiger partial charge in [0.25, 0.3) is 0 Å².